The smallest absolute Gasteiger partial charge is 0.142 e. The van der Waals surface area contributed by atoms with Crippen LogP contribution in [0, 0.1) is 13.8 Å². The van der Waals surface area contributed by atoms with Crippen molar-refractivity contribution in [3.63, 3.8) is 0 Å². The summed E-state index contributed by atoms with van der Waals surface area (Å²) in [4.78, 5) is 0. The number of anilines is 3. The lowest BCUT2D eigenvalue weighted by atomic mass is 10.1. The molecule has 0 unspecified atom stereocenters. The maximum Gasteiger partial charge on any atom is 0.142 e. The molecule has 0 radical (unpaired) electrons. The number of nitrogens with two attached hydrogens (primary N) is 1. The fourth-order valence-corrected chi connectivity index (χ4v) is 1.94. The van der Waals surface area contributed by atoms with Crippen molar-refractivity contribution in [2.45, 2.75) is 20.8 Å². The topological polar surface area (TPSA) is 47.3 Å². The highest BCUT2D eigenvalue weighted by molar-refractivity contribution is 5.76. The highest BCUT2D eigenvalue weighted by Gasteiger charge is 2.06. The zero-order valence-corrected chi connectivity index (χ0v) is 11.7. The molecule has 0 atom stereocenters. The first-order valence-electron chi connectivity index (χ1n) is 6.47. The Morgan fingerprint density at radius 1 is 1.05 bits per heavy atom. The van der Waals surface area contributed by atoms with Crippen molar-refractivity contribution in [2.24, 2.45) is 0 Å². The number of ether oxygens (including phenoxy) is 1. The average molecular weight is 256 g/mol. The van der Waals surface area contributed by atoms with E-state index in [9.17, 15) is 0 Å². The molecular weight excluding hydrogens is 236 g/mol. The van der Waals surface area contributed by atoms with Gasteiger partial charge in [0.1, 0.15) is 5.75 Å². The molecule has 3 nitrogen and oxygen atoms in total. The van der Waals surface area contributed by atoms with Gasteiger partial charge in [-0.1, -0.05) is 12.1 Å². The summed E-state index contributed by atoms with van der Waals surface area (Å²) < 4.78 is 5.60. The third-order valence-electron chi connectivity index (χ3n) is 3.12. The van der Waals surface area contributed by atoms with Crippen LogP contribution in [0.5, 0.6) is 5.75 Å². The van der Waals surface area contributed by atoms with Gasteiger partial charge in [-0.05, 0) is 56.2 Å². The van der Waals surface area contributed by atoms with Crippen LogP contribution in [0.15, 0.2) is 36.4 Å². The van der Waals surface area contributed by atoms with Crippen LogP contribution in [0.4, 0.5) is 17.1 Å². The van der Waals surface area contributed by atoms with E-state index < -0.39 is 0 Å². The molecule has 0 bridgehead atoms. The molecule has 0 fully saturated rings. The van der Waals surface area contributed by atoms with Crippen molar-refractivity contribution >= 4 is 17.1 Å². The Bertz CT molecular complexity index is 579. The van der Waals surface area contributed by atoms with E-state index in [4.69, 9.17) is 10.5 Å². The summed E-state index contributed by atoms with van der Waals surface area (Å²) in [5.41, 5.74) is 11.1. The summed E-state index contributed by atoms with van der Waals surface area (Å²) in [7, 11) is 0. The van der Waals surface area contributed by atoms with Gasteiger partial charge in [-0.3, -0.25) is 0 Å². The Hall–Kier alpha value is -2.16. The first-order chi connectivity index (χ1) is 9.11. The van der Waals surface area contributed by atoms with E-state index in [1.165, 1.54) is 11.1 Å². The fourth-order valence-electron chi connectivity index (χ4n) is 1.94. The molecule has 0 heterocycles. The molecule has 0 aliphatic carbocycles. The maximum atomic E-state index is 6.06. The summed E-state index contributed by atoms with van der Waals surface area (Å²) in [5.74, 6) is 0.836. The number of nitrogen functional groups attached to an aromatic ring is 1. The van der Waals surface area contributed by atoms with E-state index in [2.05, 4.69) is 25.2 Å². The van der Waals surface area contributed by atoms with Crippen LogP contribution >= 0.6 is 0 Å². The zero-order valence-electron chi connectivity index (χ0n) is 11.7. The SMILES string of the molecule is CCOc1ccccc1Nc1cc(C)c(C)cc1N. The Morgan fingerprint density at radius 2 is 1.74 bits per heavy atom. The number of rotatable bonds is 4. The number of nitrogens with one attached hydrogen (secondary N) is 1. The lowest BCUT2D eigenvalue weighted by Gasteiger charge is -2.15. The molecular formula is C16H20N2O. The molecule has 0 saturated heterocycles. The van der Waals surface area contributed by atoms with E-state index >= 15 is 0 Å². The molecule has 0 aliphatic rings. The second-order valence-electron chi connectivity index (χ2n) is 4.58. The minimum absolute atomic E-state index is 0.640. The van der Waals surface area contributed by atoms with Gasteiger partial charge in [-0.2, -0.15) is 0 Å². The highest BCUT2D eigenvalue weighted by atomic mass is 16.5. The van der Waals surface area contributed by atoms with Crippen LogP contribution in [0.3, 0.4) is 0 Å². The van der Waals surface area contributed by atoms with Crippen LogP contribution in [0.25, 0.3) is 0 Å². The lowest BCUT2D eigenvalue weighted by Crippen LogP contribution is -2.01. The largest absolute Gasteiger partial charge is 0.492 e. The molecule has 19 heavy (non-hydrogen) atoms. The molecule has 3 N–H and O–H groups in total. The summed E-state index contributed by atoms with van der Waals surface area (Å²) in [6.45, 7) is 6.75. The van der Waals surface area contributed by atoms with Crippen molar-refractivity contribution in [1.82, 2.24) is 0 Å². The molecule has 0 amide bonds. The van der Waals surface area contributed by atoms with E-state index in [0.717, 1.165) is 22.8 Å². The van der Waals surface area contributed by atoms with Crippen molar-refractivity contribution < 1.29 is 4.74 Å². The Balaban J connectivity index is 2.33. The van der Waals surface area contributed by atoms with Gasteiger partial charge in [0.2, 0.25) is 0 Å². The summed E-state index contributed by atoms with van der Waals surface area (Å²) in [5, 5.41) is 3.34. The molecule has 3 heteroatoms. The van der Waals surface area contributed by atoms with Gasteiger partial charge in [0.05, 0.1) is 23.7 Å². The van der Waals surface area contributed by atoms with Crippen molar-refractivity contribution in [3.8, 4) is 5.75 Å². The van der Waals surface area contributed by atoms with Crippen LogP contribution < -0.4 is 15.8 Å². The number of hydrogen-bond acceptors (Lipinski definition) is 3. The number of aryl methyl sites for hydroxylation is 2. The normalized spacial score (nSPS) is 10.3. The average Bonchev–Trinajstić information content (AvgIpc) is 2.38. The molecule has 2 aromatic carbocycles. The predicted molar refractivity (Wildman–Crippen MR) is 81.2 cm³/mol. The minimum Gasteiger partial charge on any atom is -0.492 e. The number of hydrogen-bond donors (Lipinski definition) is 2. The first-order valence-corrected chi connectivity index (χ1v) is 6.47. The Labute approximate surface area is 114 Å². The van der Waals surface area contributed by atoms with Gasteiger partial charge < -0.3 is 15.8 Å². The van der Waals surface area contributed by atoms with E-state index in [1.807, 2.05) is 37.3 Å². The van der Waals surface area contributed by atoms with Crippen LogP contribution in [-0.4, -0.2) is 6.61 Å². The zero-order chi connectivity index (χ0) is 13.8. The standard InChI is InChI=1S/C16H20N2O/c1-4-19-16-8-6-5-7-14(16)18-15-10-12(3)11(2)9-13(15)17/h5-10,18H,4,17H2,1-3H3. The Morgan fingerprint density at radius 3 is 2.47 bits per heavy atom. The summed E-state index contributed by atoms with van der Waals surface area (Å²) in [6.07, 6.45) is 0. The van der Waals surface area contributed by atoms with Gasteiger partial charge in [0.15, 0.2) is 0 Å². The summed E-state index contributed by atoms with van der Waals surface area (Å²) in [6, 6.07) is 11.9. The molecule has 0 aliphatic heterocycles. The Kier molecular flexibility index (Phi) is 3.95. The van der Waals surface area contributed by atoms with E-state index in [1.54, 1.807) is 0 Å². The van der Waals surface area contributed by atoms with Crippen molar-refractivity contribution in [2.75, 3.05) is 17.7 Å². The quantitative estimate of drug-likeness (QED) is 0.812. The van der Waals surface area contributed by atoms with Crippen LogP contribution in [0.1, 0.15) is 18.1 Å². The molecule has 2 aromatic rings. The molecule has 100 valence electrons. The second-order valence-corrected chi connectivity index (χ2v) is 4.58. The molecule has 0 saturated carbocycles. The van der Waals surface area contributed by atoms with Gasteiger partial charge in [0, 0.05) is 0 Å². The monoisotopic (exact) mass is 256 g/mol. The molecule has 0 aromatic heterocycles. The van der Waals surface area contributed by atoms with Gasteiger partial charge >= 0.3 is 0 Å². The number of para-hydroxylation sites is 2. The van der Waals surface area contributed by atoms with Crippen molar-refractivity contribution in [1.29, 1.82) is 0 Å². The third kappa shape index (κ3) is 2.99. The van der Waals surface area contributed by atoms with Crippen molar-refractivity contribution in [3.05, 3.63) is 47.5 Å². The highest BCUT2D eigenvalue weighted by Crippen LogP contribution is 2.31. The van der Waals surface area contributed by atoms with Gasteiger partial charge in [-0.25, -0.2) is 0 Å². The lowest BCUT2D eigenvalue weighted by molar-refractivity contribution is 0.342. The molecule has 0 spiro atoms. The number of benzene rings is 2. The summed E-state index contributed by atoms with van der Waals surface area (Å²) >= 11 is 0. The van der Waals surface area contributed by atoms with E-state index in [0.29, 0.717) is 6.61 Å². The van der Waals surface area contributed by atoms with Crippen LogP contribution in [-0.2, 0) is 0 Å². The van der Waals surface area contributed by atoms with E-state index in [-0.39, 0.29) is 0 Å². The first kappa shape index (κ1) is 13.3. The van der Waals surface area contributed by atoms with Crippen LogP contribution in [0.2, 0.25) is 0 Å². The second kappa shape index (κ2) is 5.65. The molecule has 2 rings (SSSR count). The van der Waals surface area contributed by atoms with Gasteiger partial charge in [-0.15, -0.1) is 0 Å². The minimum atomic E-state index is 0.640. The third-order valence-corrected chi connectivity index (χ3v) is 3.12. The predicted octanol–water partition coefficient (Wildman–Crippen LogP) is 4.03. The fraction of sp³-hybridized carbons (Fsp3) is 0.250. The van der Waals surface area contributed by atoms with Gasteiger partial charge in [0.25, 0.3) is 0 Å². The maximum absolute atomic E-state index is 6.06.